The maximum atomic E-state index is 12.6. The largest absolute Gasteiger partial charge is 0.377 e. The number of aromatic amines is 1. The van der Waals surface area contributed by atoms with E-state index in [1.54, 1.807) is 0 Å². The Morgan fingerprint density at radius 2 is 2.29 bits per heavy atom. The molecule has 1 aromatic rings. The number of nitrogens with zero attached hydrogens (tertiary/aromatic N) is 1. The fraction of sp³-hybridized carbons (Fsp3) is 0.643. The molecule has 1 aliphatic carbocycles. The molecule has 0 radical (unpaired) electrons. The Hall–Kier alpha value is -1.73. The highest BCUT2D eigenvalue weighted by Gasteiger charge is 2.70. The monoisotopic (exact) mass is 292 g/mol. The molecular weight excluding hydrogens is 272 g/mol. The number of nitrogens with one attached hydrogen (secondary N) is 2. The number of anilines is 1. The van der Waals surface area contributed by atoms with Gasteiger partial charge >= 0.3 is 0 Å². The Kier molecular flexibility index (Phi) is 3.14. The Bertz CT molecular complexity index is 606. The summed E-state index contributed by atoms with van der Waals surface area (Å²) in [5.74, 6) is 0.0308. The van der Waals surface area contributed by atoms with Gasteiger partial charge in [-0.3, -0.25) is 9.59 Å². The summed E-state index contributed by atoms with van der Waals surface area (Å²) in [6.45, 7) is 4.64. The van der Waals surface area contributed by atoms with Crippen LogP contribution < -0.4 is 16.6 Å². The van der Waals surface area contributed by atoms with E-state index in [1.807, 2.05) is 13.8 Å². The smallest absolute Gasteiger partial charge is 0.264 e. The maximum absolute atomic E-state index is 12.6. The lowest BCUT2D eigenvalue weighted by Gasteiger charge is -2.65. The molecular formula is C14H20N4O3. The summed E-state index contributed by atoms with van der Waals surface area (Å²) in [6, 6.07) is 2.77. The fourth-order valence-corrected chi connectivity index (χ4v) is 3.67. The molecule has 7 nitrogen and oxygen atoms in total. The minimum Gasteiger partial charge on any atom is -0.377 e. The molecule has 1 aromatic heterocycles. The van der Waals surface area contributed by atoms with Gasteiger partial charge in [-0.2, -0.15) is 5.10 Å². The molecule has 3 atom stereocenters. The molecule has 1 amide bonds. The van der Waals surface area contributed by atoms with Crippen molar-refractivity contribution in [3.8, 4) is 0 Å². The van der Waals surface area contributed by atoms with Gasteiger partial charge in [-0.25, -0.2) is 5.10 Å². The summed E-state index contributed by atoms with van der Waals surface area (Å²) in [4.78, 5) is 23.6. The molecule has 1 aliphatic heterocycles. The van der Waals surface area contributed by atoms with Crippen molar-refractivity contribution < 1.29 is 9.53 Å². The van der Waals surface area contributed by atoms with Crippen molar-refractivity contribution in [1.82, 2.24) is 10.2 Å². The SMILES string of the molecule is CC1(C)C2OCCCC2C1(N)C(=O)Nc1ccc(=O)[nH]n1. The predicted molar refractivity (Wildman–Crippen MR) is 76.7 cm³/mol. The van der Waals surface area contributed by atoms with Crippen LogP contribution in [0.25, 0.3) is 0 Å². The lowest BCUT2D eigenvalue weighted by Crippen LogP contribution is -2.81. The summed E-state index contributed by atoms with van der Waals surface area (Å²) >= 11 is 0. The quantitative estimate of drug-likeness (QED) is 0.723. The van der Waals surface area contributed by atoms with Crippen LogP contribution in [0.2, 0.25) is 0 Å². The number of carbonyl (C=O) groups is 1. The van der Waals surface area contributed by atoms with E-state index in [4.69, 9.17) is 10.5 Å². The Balaban J connectivity index is 1.82. The summed E-state index contributed by atoms with van der Waals surface area (Å²) in [5.41, 5.74) is 4.72. The van der Waals surface area contributed by atoms with Gasteiger partial charge in [-0.1, -0.05) is 13.8 Å². The highest BCUT2D eigenvalue weighted by molar-refractivity contribution is 5.99. The second-order valence-corrected chi connectivity index (χ2v) is 6.39. The molecule has 1 saturated carbocycles. The van der Waals surface area contributed by atoms with Crippen LogP contribution in [-0.4, -0.2) is 34.4 Å². The molecule has 0 aromatic carbocycles. The second-order valence-electron chi connectivity index (χ2n) is 6.39. The van der Waals surface area contributed by atoms with Gasteiger partial charge in [0.15, 0.2) is 5.82 Å². The van der Waals surface area contributed by atoms with Gasteiger partial charge in [0, 0.05) is 24.0 Å². The van der Waals surface area contributed by atoms with E-state index in [9.17, 15) is 9.59 Å². The number of hydrogen-bond acceptors (Lipinski definition) is 5. The van der Waals surface area contributed by atoms with Crippen molar-refractivity contribution in [3.63, 3.8) is 0 Å². The number of aromatic nitrogens is 2. The molecule has 21 heavy (non-hydrogen) atoms. The number of fused-ring (bicyclic) bond motifs is 1. The van der Waals surface area contributed by atoms with Crippen LogP contribution in [0.15, 0.2) is 16.9 Å². The molecule has 3 rings (SSSR count). The standard InChI is InChI=1S/C14H20N4O3/c1-13(2)11-8(4-3-7-21-11)14(13,15)12(20)16-9-5-6-10(19)18-17-9/h5-6,8,11H,3-4,7,15H2,1-2H3,(H,18,19)(H,16,17,20). The van der Waals surface area contributed by atoms with Crippen LogP contribution in [0, 0.1) is 11.3 Å². The summed E-state index contributed by atoms with van der Waals surface area (Å²) < 4.78 is 5.78. The minimum atomic E-state index is -0.990. The first kappa shape index (κ1) is 14.2. The van der Waals surface area contributed by atoms with Crippen LogP contribution >= 0.6 is 0 Å². The highest BCUT2D eigenvalue weighted by atomic mass is 16.5. The van der Waals surface area contributed by atoms with Crippen molar-refractivity contribution in [3.05, 3.63) is 22.5 Å². The van der Waals surface area contributed by atoms with Gasteiger partial charge in [0.05, 0.1) is 6.10 Å². The van der Waals surface area contributed by atoms with Gasteiger partial charge < -0.3 is 15.8 Å². The number of H-pyrrole nitrogens is 1. The van der Waals surface area contributed by atoms with E-state index in [1.165, 1.54) is 12.1 Å². The molecule has 7 heteroatoms. The van der Waals surface area contributed by atoms with E-state index >= 15 is 0 Å². The normalized spacial score (nSPS) is 33.7. The topological polar surface area (TPSA) is 110 Å². The van der Waals surface area contributed by atoms with E-state index in [0.29, 0.717) is 5.82 Å². The number of hydrogen-bond donors (Lipinski definition) is 3. The number of ether oxygens (including phenoxy) is 1. The number of amides is 1. The van der Waals surface area contributed by atoms with Crippen molar-refractivity contribution in [2.45, 2.75) is 38.3 Å². The van der Waals surface area contributed by atoms with Crippen LogP contribution in [-0.2, 0) is 9.53 Å². The van der Waals surface area contributed by atoms with E-state index in [2.05, 4.69) is 15.5 Å². The molecule has 114 valence electrons. The third kappa shape index (κ3) is 1.91. The molecule has 4 N–H and O–H groups in total. The summed E-state index contributed by atoms with van der Waals surface area (Å²) in [6.07, 6.45) is 1.82. The van der Waals surface area contributed by atoms with E-state index in [0.717, 1.165) is 19.4 Å². The second kappa shape index (κ2) is 4.64. The fourth-order valence-electron chi connectivity index (χ4n) is 3.67. The number of rotatable bonds is 2. The van der Waals surface area contributed by atoms with Gasteiger partial charge in [0.1, 0.15) is 5.54 Å². The number of nitrogens with two attached hydrogens (primary N) is 1. The minimum absolute atomic E-state index is 0.0176. The maximum Gasteiger partial charge on any atom is 0.264 e. The summed E-state index contributed by atoms with van der Waals surface area (Å²) in [7, 11) is 0. The van der Waals surface area contributed by atoms with Crippen LogP contribution in [0.3, 0.4) is 0 Å². The van der Waals surface area contributed by atoms with Crippen LogP contribution in [0.1, 0.15) is 26.7 Å². The Morgan fingerprint density at radius 3 is 2.95 bits per heavy atom. The zero-order chi connectivity index (χ0) is 15.3. The van der Waals surface area contributed by atoms with E-state index in [-0.39, 0.29) is 23.5 Å². The highest BCUT2D eigenvalue weighted by Crippen LogP contribution is 2.57. The average Bonchev–Trinajstić information content (AvgIpc) is 2.48. The first-order valence-electron chi connectivity index (χ1n) is 7.15. The van der Waals surface area contributed by atoms with Gasteiger partial charge in [0.2, 0.25) is 5.91 Å². The van der Waals surface area contributed by atoms with E-state index < -0.39 is 11.0 Å². The van der Waals surface area contributed by atoms with Gasteiger partial charge in [0.25, 0.3) is 5.56 Å². The summed E-state index contributed by atoms with van der Waals surface area (Å²) in [5, 5.41) is 8.77. The van der Waals surface area contributed by atoms with Crippen LogP contribution in [0.5, 0.6) is 0 Å². The first-order chi connectivity index (χ1) is 9.87. The predicted octanol–water partition coefficient (Wildman–Crippen LogP) is 0.241. The van der Waals surface area contributed by atoms with Crippen LogP contribution in [0.4, 0.5) is 5.82 Å². The average molecular weight is 292 g/mol. The Morgan fingerprint density at radius 1 is 1.52 bits per heavy atom. The lowest BCUT2D eigenvalue weighted by molar-refractivity contribution is -0.222. The van der Waals surface area contributed by atoms with Crippen molar-refractivity contribution in [2.24, 2.45) is 17.1 Å². The Labute approximate surface area is 122 Å². The third-order valence-electron chi connectivity index (χ3n) is 4.98. The molecule has 0 spiro atoms. The molecule has 3 unspecified atom stereocenters. The molecule has 1 saturated heterocycles. The van der Waals surface area contributed by atoms with Crippen molar-refractivity contribution >= 4 is 11.7 Å². The molecule has 0 bridgehead atoms. The van der Waals surface area contributed by atoms with Crippen molar-refractivity contribution in [2.75, 3.05) is 11.9 Å². The third-order valence-corrected chi connectivity index (χ3v) is 4.98. The first-order valence-corrected chi connectivity index (χ1v) is 7.15. The van der Waals surface area contributed by atoms with Crippen molar-refractivity contribution in [1.29, 1.82) is 0 Å². The molecule has 2 aliphatic rings. The molecule has 2 heterocycles. The zero-order valence-electron chi connectivity index (χ0n) is 12.2. The van der Waals surface area contributed by atoms with Gasteiger partial charge in [-0.05, 0) is 18.9 Å². The van der Waals surface area contributed by atoms with Gasteiger partial charge in [-0.15, -0.1) is 0 Å². The number of carbonyl (C=O) groups excluding carboxylic acids is 1. The molecule has 2 fully saturated rings. The zero-order valence-corrected chi connectivity index (χ0v) is 12.2. The lowest BCUT2D eigenvalue weighted by atomic mass is 9.46.